The van der Waals surface area contributed by atoms with Crippen molar-refractivity contribution in [2.24, 2.45) is 5.41 Å². The summed E-state index contributed by atoms with van der Waals surface area (Å²) in [7, 11) is -7.65. The van der Waals surface area contributed by atoms with Crippen molar-refractivity contribution in [1.29, 1.82) is 0 Å². The lowest BCUT2D eigenvalue weighted by Crippen LogP contribution is -2.33. The minimum Gasteiger partial charge on any atom is -0.454 e. The molecule has 9 nitrogen and oxygen atoms in total. The van der Waals surface area contributed by atoms with Crippen LogP contribution >= 0.6 is 0 Å². The lowest BCUT2D eigenvalue weighted by molar-refractivity contribution is -0.123. The van der Waals surface area contributed by atoms with Gasteiger partial charge in [-0.2, -0.15) is 0 Å². The highest BCUT2D eigenvalue weighted by Gasteiger charge is 2.49. The van der Waals surface area contributed by atoms with Gasteiger partial charge in [0.1, 0.15) is 0 Å². The van der Waals surface area contributed by atoms with E-state index in [0.29, 0.717) is 17.1 Å². The molecule has 2 aliphatic heterocycles. The third kappa shape index (κ3) is 3.64. The first-order chi connectivity index (χ1) is 14.0. The molecule has 2 aliphatic rings. The predicted octanol–water partition coefficient (Wildman–Crippen LogP) is 1.60. The number of carbonyl (C=O) groups is 1. The van der Waals surface area contributed by atoms with E-state index in [0.717, 1.165) is 4.31 Å². The highest BCUT2D eigenvalue weighted by atomic mass is 32.2. The number of hydrogen-bond acceptors (Lipinski definition) is 7. The summed E-state index contributed by atoms with van der Waals surface area (Å²) in [6.45, 7) is 3.29. The van der Waals surface area contributed by atoms with Gasteiger partial charge in [0.15, 0.2) is 11.5 Å². The first-order valence-corrected chi connectivity index (χ1v) is 12.1. The summed E-state index contributed by atoms with van der Waals surface area (Å²) in [4.78, 5) is 12.4. The van der Waals surface area contributed by atoms with Crippen molar-refractivity contribution in [2.75, 3.05) is 16.9 Å². The minimum absolute atomic E-state index is 0.0356. The van der Waals surface area contributed by atoms with Crippen LogP contribution in [-0.2, 0) is 31.4 Å². The standard InChI is InChI=1S/C19H20N2O7S2/c1-19(2)11-29(23,24)21(18(19)22)14-4-6-15(7-5-14)30(25,26)20-10-13-3-8-16-17(9-13)28-12-27-16/h3-9,20H,10-12H2,1-2H3. The maximum atomic E-state index is 12.6. The fraction of sp³-hybridized carbons (Fsp3) is 0.316. The number of hydrogen-bond donors (Lipinski definition) is 1. The summed E-state index contributed by atoms with van der Waals surface area (Å²) >= 11 is 0. The lowest BCUT2D eigenvalue weighted by Gasteiger charge is -2.17. The van der Waals surface area contributed by atoms with E-state index in [9.17, 15) is 21.6 Å². The molecule has 0 saturated carbocycles. The molecule has 0 atom stereocenters. The summed E-state index contributed by atoms with van der Waals surface area (Å²) < 4.78 is 63.7. The Hall–Kier alpha value is -2.63. The Morgan fingerprint density at radius 1 is 1.07 bits per heavy atom. The molecule has 0 bridgehead atoms. The SMILES string of the molecule is CC1(C)CS(=O)(=O)N(c2ccc(S(=O)(=O)NCc3ccc4c(c3)OCO4)cc2)C1=O. The number of amides is 1. The van der Waals surface area contributed by atoms with Crippen molar-refractivity contribution in [3.05, 3.63) is 48.0 Å². The van der Waals surface area contributed by atoms with Crippen LogP contribution in [0.15, 0.2) is 47.4 Å². The molecule has 160 valence electrons. The largest absolute Gasteiger partial charge is 0.454 e. The van der Waals surface area contributed by atoms with Crippen LogP contribution in [0.1, 0.15) is 19.4 Å². The van der Waals surface area contributed by atoms with Gasteiger partial charge in [-0.15, -0.1) is 0 Å². The molecule has 0 aliphatic carbocycles. The maximum Gasteiger partial charge on any atom is 0.247 e. The minimum atomic E-state index is -3.85. The topological polar surface area (TPSA) is 119 Å². The Morgan fingerprint density at radius 2 is 1.73 bits per heavy atom. The molecule has 4 rings (SSSR count). The summed E-state index contributed by atoms with van der Waals surface area (Å²) in [5, 5.41) is 0. The second-order valence-electron chi connectivity index (χ2n) is 7.72. The number of rotatable bonds is 5. The zero-order chi connectivity index (χ0) is 21.7. The average molecular weight is 453 g/mol. The second kappa shape index (κ2) is 6.96. The predicted molar refractivity (Wildman–Crippen MR) is 108 cm³/mol. The zero-order valence-corrected chi connectivity index (χ0v) is 17.9. The molecule has 1 fully saturated rings. The number of ether oxygens (including phenoxy) is 2. The second-order valence-corrected chi connectivity index (χ2v) is 11.3. The molecule has 0 radical (unpaired) electrons. The molecule has 30 heavy (non-hydrogen) atoms. The molecule has 2 aromatic carbocycles. The highest BCUT2D eigenvalue weighted by Crippen LogP contribution is 2.36. The van der Waals surface area contributed by atoms with E-state index in [1.807, 2.05) is 0 Å². The normalized spacial score (nSPS) is 19.3. The Kier molecular flexibility index (Phi) is 4.79. The Balaban J connectivity index is 1.51. The molecule has 11 heteroatoms. The lowest BCUT2D eigenvalue weighted by atomic mass is 9.95. The molecular formula is C19H20N2O7S2. The van der Waals surface area contributed by atoms with Gasteiger partial charge in [0, 0.05) is 6.54 Å². The fourth-order valence-electron chi connectivity index (χ4n) is 3.33. The van der Waals surface area contributed by atoms with Crippen molar-refractivity contribution in [2.45, 2.75) is 25.3 Å². The van der Waals surface area contributed by atoms with Gasteiger partial charge in [-0.25, -0.2) is 25.9 Å². The van der Waals surface area contributed by atoms with Crippen molar-refractivity contribution < 1.29 is 31.1 Å². The highest BCUT2D eigenvalue weighted by molar-refractivity contribution is 7.94. The van der Waals surface area contributed by atoms with Gasteiger partial charge in [0.25, 0.3) is 0 Å². The van der Waals surface area contributed by atoms with Gasteiger partial charge in [-0.1, -0.05) is 6.07 Å². The number of nitrogens with zero attached hydrogens (tertiary/aromatic N) is 1. The van der Waals surface area contributed by atoms with Crippen LogP contribution in [-0.4, -0.2) is 35.3 Å². The molecule has 0 spiro atoms. The number of carbonyl (C=O) groups excluding carboxylic acids is 1. The van der Waals surface area contributed by atoms with Crippen LogP contribution in [0.2, 0.25) is 0 Å². The number of nitrogens with one attached hydrogen (secondary N) is 1. The van der Waals surface area contributed by atoms with E-state index < -0.39 is 31.4 Å². The smallest absolute Gasteiger partial charge is 0.247 e. The third-order valence-corrected chi connectivity index (χ3v) is 8.31. The van der Waals surface area contributed by atoms with Crippen LogP contribution in [0.25, 0.3) is 0 Å². The molecule has 0 unspecified atom stereocenters. The molecular weight excluding hydrogens is 432 g/mol. The van der Waals surface area contributed by atoms with E-state index in [-0.39, 0.29) is 29.7 Å². The zero-order valence-electron chi connectivity index (χ0n) is 16.3. The molecule has 1 saturated heterocycles. The van der Waals surface area contributed by atoms with Crippen LogP contribution in [0.5, 0.6) is 11.5 Å². The quantitative estimate of drug-likeness (QED) is 0.732. The number of sulfonamides is 2. The average Bonchev–Trinajstić information content (AvgIpc) is 3.19. The maximum absolute atomic E-state index is 12.6. The van der Waals surface area contributed by atoms with Gasteiger partial charge < -0.3 is 9.47 Å². The number of benzene rings is 2. The van der Waals surface area contributed by atoms with Gasteiger partial charge in [-0.05, 0) is 55.8 Å². The Bertz CT molecular complexity index is 1220. The molecule has 2 aromatic rings. The summed E-state index contributed by atoms with van der Waals surface area (Å²) in [5.41, 5.74) is -0.230. The Labute approximate surface area is 174 Å². The molecule has 0 aromatic heterocycles. The van der Waals surface area contributed by atoms with Gasteiger partial charge in [0.2, 0.25) is 32.7 Å². The summed E-state index contributed by atoms with van der Waals surface area (Å²) in [5.74, 6) is 0.317. The van der Waals surface area contributed by atoms with Crippen molar-refractivity contribution in [1.82, 2.24) is 4.72 Å². The van der Waals surface area contributed by atoms with Crippen LogP contribution < -0.4 is 18.5 Å². The first-order valence-electron chi connectivity index (χ1n) is 9.05. The van der Waals surface area contributed by atoms with Gasteiger partial charge in [0.05, 0.1) is 21.8 Å². The summed E-state index contributed by atoms with van der Waals surface area (Å²) in [6, 6.07) is 10.3. The van der Waals surface area contributed by atoms with Crippen molar-refractivity contribution >= 4 is 31.6 Å². The van der Waals surface area contributed by atoms with Crippen LogP contribution in [0.3, 0.4) is 0 Å². The van der Waals surface area contributed by atoms with Crippen LogP contribution in [0.4, 0.5) is 5.69 Å². The molecule has 1 amide bonds. The number of fused-ring (bicyclic) bond motifs is 1. The fourth-order valence-corrected chi connectivity index (χ4v) is 6.46. The summed E-state index contributed by atoms with van der Waals surface area (Å²) in [6.07, 6.45) is 0. The van der Waals surface area contributed by atoms with Crippen LogP contribution in [0, 0.1) is 5.41 Å². The van der Waals surface area contributed by atoms with E-state index in [1.54, 1.807) is 32.0 Å². The molecule has 1 N–H and O–H groups in total. The van der Waals surface area contributed by atoms with Gasteiger partial charge >= 0.3 is 0 Å². The van der Waals surface area contributed by atoms with E-state index in [4.69, 9.17) is 9.47 Å². The monoisotopic (exact) mass is 452 g/mol. The third-order valence-electron chi connectivity index (χ3n) is 4.87. The first kappa shape index (κ1) is 20.6. The Morgan fingerprint density at radius 3 is 2.37 bits per heavy atom. The number of anilines is 1. The van der Waals surface area contributed by atoms with Crippen molar-refractivity contribution in [3.8, 4) is 11.5 Å². The molecule has 2 heterocycles. The van der Waals surface area contributed by atoms with Gasteiger partial charge in [-0.3, -0.25) is 4.79 Å². The van der Waals surface area contributed by atoms with E-state index in [2.05, 4.69) is 4.72 Å². The van der Waals surface area contributed by atoms with Crippen molar-refractivity contribution in [3.63, 3.8) is 0 Å². The van der Waals surface area contributed by atoms with E-state index in [1.165, 1.54) is 24.3 Å². The van der Waals surface area contributed by atoms with E-state index >= 15 is 0 Å².